The zero-order valence-corrected chi connectivity index (χ0v) is 26.4. The van der Waals surface area contributed by atoms with Gasteiger partial charge in [-0.1, -0.05) is 72.7 Å². The van der Waals surface area contributed by atoms with Gasteiger partial charge in [-0.25, -0.2) is 4.79 Å². The van der Waals surface area contributed by atoms with Crippen LogP contribution in [0.3, 0.4) is 0 Å². The van der Waals surface area contributed by atoms with Gasteiger partial charge in [0.05, 0.1) is 12.5 Å². The van der Waals surface area contributed by atoms with Gasteiger partial charge in [0.2, 0.25) is 0 Å². The maximum atomic E-state index is 13.0. The summed E-state index contributed by atoms with van der Waals surface area (Å²) >= 11 is 0. The van der Waals surface area contributed by atoms with Crippen molar-refractivity contribution in [3.63, 3.8) is 0 Å². The average Bonchev–Trinajstić information content (AvgIpc) is 2.85. The van der Waals surface area contributed by atoms with Crippen molar-refractivity contribution in [2.24, 2.45) is 27.4 Å². The predicted molar refractivity (Wildman–Crippen MR) is 163 cm³/mol. The molecule has 0 bridgehead atoms. The Hall–Kier alpha value is -3.10. The van der Waals surface area contributed by atoms with Crippen LogP contribution in [0.1, 0.15) is 99.1 Å². The molecule has 0 saturated carbocycles. The quantitative estimate of drug-likeness (QED) is 0.176. The summed E-state index contributed by atoms with van der Waals surface area (Å²) < 4.78 is 10.8. The van der Waals surface area contributed by atoms with E-state index in [0.717, 1.165) is 17.5 Å². The first-order valence-electron chi connectivity index (χ1n) is 14.0. The van der Waals surface area contributed by atoms with Crippen molar-refractivity contribution in [1.82, 2.24) is 0 Å². The van der Waals surface area contributed by atoms with Crippen LogP contribution >= 0.6 is 0 Å². The second-order valence-corrected chi connectivity index (χ2v) is 14.2. The van der Waals surface area contributed by atoms with Gasteiger partial charge in [-0.15, -0.1) is 0 Å². The van der Waals surface area contributed by atoms with Gasteiger partial charge in [-0.05, 0) is 97.4 Å². The number of esters is 2. The highest BCUT2D eigenvalue weighted by Crippen LogP contribution is 2.56. The maximum Gasteiger partial charge on any atom is 0.336 e. The number of benzene rings is 1. The molecule has 2 rings (SSSR count). The molecule has 0 aromatic heterocycles. The van der Waals surface area contributed by atoms with Gasteiger partial charge in [0, 0.05) is 17.5 Å². The number of carbonyl (C=O) groups is 2. The molecular weight excluding hydrogens is 498 g/mol. The fourth-order valence-electron chi connectivity index (χ4n) is 5.13. The zero-order valence-electron chi connectivity index (χ0n) is 26.4. The third kappa shape index (κ3) is 7.98. The third-order valence-electron chi connectivity index (χ3n) is 9.13. The SMILES string of the molecule is COC(=O)C(C)(CC(C)(C)C(C)(C)CC(c1ccc(OC(=O)/C=C/c2cc#ccc2)cc1)C(C)(C)N)C(C)(C)C. The molecular formula is C35H49NO4. The van der Waals surface area contributed by atoms with Crippen LogP contribution in [-0.2, 0) is 14.3 Å². The van der Waals surface area contributed by atoms with Crippen LogP contribution in [0.4, 0.5) is 0 Å². The summed E-state index contributed by atoms with van der Waals surface area (Å²) in [5, 5.41) is 0. The Bertz CT molecular complexity index is 1160. The highest BCUT2D eigenvalue weighted by atomic mass is 16.5. The molecule has 5 heteroatoms. The van der Waals surface area contributed by atoms with Crippen LogP contribution in [0.2, 0.25) is 0 Å². The monoisotopic (exact) mass is 547 g/mol. The first-order valence-corrected chi connectivity index (χ1v) is 14.0. The fraction of sp³-hybridized carbons (Fsp3) is 0.543. The second kappa shape index (κ2) is 12.2. The molecule has 0 aliphatic rings. The van der Waals surface area contributed by atoms with Crippen molar-refractivity contribution in [1.29, 1.82) is 0 Å². The van der Waals surface area contributed by atoms with Gasteiger partial charge in [-0.2, -0.15) is 0 Å². The number of nitrogens with two attached hydrogens (primary N) is 1. The number of rotatable bonds is 11. The minimum atomic E-state index is -0.659. The molecule has 2 aromatic carbocycles. The summed E-state index contributed by atoms with van der Waals surface area (Å²) in [6.45, 7) is 21.4. The molecule has 2 N–H and O–H groups in total. The van der Waals surface area contributed by atoms with E-state index in [1.54, 1.807) is 18.2 Å². The van der Waals surface area contributed by atoms with E-state index in [-0.39, 0.29) is 28.1 Å². The summed E-state index contributed by atoms with van der Waals surface area (Å²) in [5.74, 6) is -0.137. The summed E-state index contributed by atoms with van der Waals surface area (Å²) in [6.07, 6.45) is 4.55. The molecule has 0 aliphatic carbocycles. The number of ether oxygens (including phenoxy) is 2. The van der Waals surface area contributed by atoms with Crippen molar-refractivity contribution >= 4 is 18.0 Å². The van der Waals surface area contributed by atoms with Gasteiger partial charge in [0.25, 0.3) is 0 Å². The van der Waals surface area contributed by atoms with Gasteiger partial charge in [-0.3, -0.25) is 4.79 Å². The number of hydrogen-bond donors (Lipinski definition) is 1. The molecule has 0 saturated heterocycles. The minimum Gasteiger partial charge on any atom is -0.469 e. The average molecular weight is 548 g/mol. The summed E-state index contributed by atoms with van der Waals surface area (Å²) in [5.41, 5.74) is 6.85. The van der Waals surface area contributed by atoms with Gasteiger partial charge < -0.3 is 15.2 Å². The molecule has 0 amide bonds. The Labute approximate surface area is 242 Å². The Kier molecular flexibility index (Phi) is 10.1. The van der Waals surface area contributed by atoms with Gasteiger partial charge in [0.15, 0.2) is 0 Å². The number of carbonyl (C=O) groups excluding carboxylic acids is 2. The van der Waals surface area contributed by atoms with Crippen LogP contribution in [-0.4, -0.2) is 24.6 Å². The molecule has 0 aliphatic heterocycles. The van der Waals surface area contributed by atoms with Crippen LogP contribution in [0.25, 0.3) is 6.08 Å². The first kappa shape index (κ1) is 33.1. The third-order valence-corrected chi connectivity index (χ3v) is 9.13. The van der Waals surface area contributed by atoms with Gasteiger partial charge >= 0.3 is 11.9 Å². The molecule has 2 aromatic rings. The van der Waals surface area contributed by atoms with E-state index >= 15 is 0 Å². The smallest absolute Gasteiger partial charge is 0.336 e. The van der Waals surface area contributed by atoms with Crippen molar-refractivity contribution in [3.05, 3.63) is 71.8 Å². The molecule has 0 radical (unpaired) electrons. The fourth-order valence-corrected chi connectivity index (χ4v) is 5.13. The molecule has 5 nitrogen and oxygen atoms in total. The molecule has 2 unspecified atom stereocenters. The van der Waals surface area contributed by atoms with E-state index in [4.69, 9.17) is 15.2 Å². The normalized spacial score (nSPS) is 15.2. The summed E-state index contributed by atoms with van der Waals surface area (Å²) in [6, 6.07) is 18.6. The molecule has 0 heterocycles. The lowest BCUT2D eigenvalue weighted by molar-refractivity contribution is -0.164. The Morgan fingerprint density at radius 3 is 1.98 bits per heavy atom. The van der Waals surface area contributed by atoms with Crippen molar-refractivity contribution < 1.29 is 19.1 Å². The Morgan fingerprint density at radius 2 is 1.50 bits per heavy atom. The Balaban J connectivity index is 2.27. The van der Waals surface area contributed by atoms with E-state index in [2.05, 4.69) is 60.6 Å². The van der Waals surface area contributed by atoms with Crippen molar-refractivity contribution in [2.45, 2.75) is 93.5 Å². The second-order valence-electron chi connectivity index (χ2n) is 14.2. The maximum absolute atomic E-state index is 13.0. The Morgan fingerprint density at radius 1 is 0.900 bits per heavy atom. The van der Waals surface area contributed by atoms with E-state index in [9.17, 15) is 9.59 Å². The highest BCUT2D eigenvalue weighted by molar-refractivity contribution is 5.88. The highest BCUT2D eigenvalue weighted by Gasteiger charge is 2.52. The van der Waals surface area contributed by atoms with Crippen LogP contribution in [0.5, 0.6) is 5.75 Å². The molecule has 2 atom stereocenters. The molecule has 0 spiro atoms. The lowest BCUT2D eigenvalue weighted by Crippen LogP contribution is -2.49. The lowest BCUT2D eigenvalue weighted by atomic mass is 9.53. The summed E-state index contributed by atoms with van der Waals surface area (Å²) in [4.78, 5) is 25.4. The molecule has 218 valence electrons. The van der Waals surface area contributed by atoms with Crippen LogP contribution < -0.4 is 10.5 Å². The largest absolute Gasteiger partial charge is 0.469 e. The van der Waals surface area contributed by atoms with Crippen LogP contribution in [0.15, 0.2) is 48.5 Å². The molecule has 40 heavy (non-hydrogen) atoms. The zero-order chi connectivity index (χ0) is 30.6. The molecule has 0 fully saturated rings. The van der Waals surface area contributed by atoms with E-state index < -0.39 is 16.9 Å². The van der Waals surface area contributed by atoms with Crippen molar-refractivity contribution in [2.75, 3.05) is 7.11 Å². The number of hydrogen-bond acceptors (Lipinski definition) is 5. The topological polar surface area (TPSA) is 78.6 Å². The van der Waals surface area contributed by atoms with E-state index in [1.165, 1.54) is 13.2 Å². The predicted octanol–water partition coefficient (Wildman–Crippen LogP) is 7.78. The standard InChI is InChI=1S/C35H49NO4/c1-31(2,3)35(10,30(38)39-11)24-33(6,7)32(4,5)23-28(34(8,9)36)26-18-20-27(21-19-26)40-29(37)22-17-25-15-13-12-14-16-25/h13,15-22,28H,23-24,36H2,1-11H3/b22-17+. The number of methoxy groups -OCH3 is 1. The lowest BCUT2D eigenvalue weighted by Gasteiger charge is -2.51. The van der Waals surface area contributed by atoms with Gasteiger partial charge in [0.1, 0.15) is 5.75 Å². The first-order chi connectivity index (χ1) is 18.2. The van der Waals surface area contributed by atoms with E-state index in [1.807, 2.05) is 51.1 Å². The van der Waals surface area contributed by atoms with Crippen LogP contribution in [0, 0.1) is 33.8 Å². The van der Waals surface area contributed by atoms with Crippen molar-refractivity contribution in [3.8, 4) is 5.75 Å². The van der Waals surface area contributed by atoms with E-state index in [0.29, 0.717) is 12.2 Å². The summed E-state index contributed by atoms with van der Waals surface area (Å²) in [7, 11) is 1.47. The minimum absolute atomic E-state index is 0.0246.